The van der Waals surface area contributed by atoms with Gasteiger partial charge in [0.25, 0.3) is 16.1 Å². The van der Waals surface area contributed by atoms with Crippen molar-refractivity contribution in [1.29, 1.82) is 0 Å². The molecule has 5 rings (SSSR count). The number of ether oxygens (including phenoxy) is 2. The van der Waals surface area contributed by atoms with Crippen LogP contribution < -0.4 is 20.5 Å². The van der Waals surface area contributed by atoms with Crippen LogP contribution in [-0.2, 0) is 47.2 Å². The first-order valence-electron chi connectivity index (χ1n) is 16.2. The average Bonchev–Trinajstić information content (AvgIpc) is 3.30. The van der Waals surface area contributed by atoms with Gasteiger partial charge >= 0.3 is 12.2 Å². The number of allylic oxidation sites excluding steroid dienone is 1. The predicted molar refractivity (Wildman–Crippen MR) is 172 cm³/mol. The van der Waals surface area contributed by atoms with E-state index in [1.54, 1.807) is 31.6 Å². The van der Waals surface area contributed by atoms with Crippen molar-refractivity contribution < 1.29 is 41.9 Å². The van der Waals surface area contributed by atoms with Crippen molar-refractivity contribution in [2.75, 3.05) is 6.54 Å². The van der Waals surface area contributed by atoms with Crippen LogP contribution in [0.15, 0.2) is 36.4 Å². The Morgan fingerprint density at radius 1 is 1.06 bits per heavy atom. The monoisotopic (exact) mass is 688 g/mol. The van der Waals surface area contributed by atoms with E-state index in [0.29, 0.717) is 25.9 Å². The summed E-state index contributed by atoms with van der Waals surface area (Å²) in [4.78, 5) is 70.2. The number of alkyl carbamates (subject to hydrolysis) is 1. The maximum Gasteiger partial charge on any atom is 0.410 e. The summed E-state index contributed by atoms with van der Waals surface area (Å²) in [5.41, 5.74) is -0.444. The van der Waals surface area contributed by atoms with Crippen molar-refractivity contribution >= 4 is 40.1 Å². The second-order valence-corrected chi connectivity index (χ2v) is 15.2. The minimum atomic E-state index is -4.43. The molecule has 1 aromatic rings. The molecule has 0 aromatic heterocycles. The summed E-state index contributed by atoms with van der Waals surface area (Å²) in [6, 6.07) is 5.38. The quantitative estimate of drug-likeness (QED) is 0.339. The summed E-state index contributed by atoms with van der Waals surface area (Å²) in [6.07, 6.45) is 4.38. The average molecular weight is 689 g/mol. The van der Waals surface area contributed by atoms with Gasteiger partial charge < -0.3 is 25.0 Å². The van der Waals surface area contributed by atoms with E-state index in [-0.39, 0.29) is 25.8 Å². The van der Waals surface area contributed by atoms with Gasteiger partial charge in [-0.05, 0) is 57.6 Å². The number of benzene rings is 1. The zero-order chi connectivity index (χ0) is 34.9. The highest BCUT2D eigenvalue weighted by atomic mass is 32.2. The Balaban J connectivity index is 1.40. The van der Waals surface area contributed by atoms with E-state index in [1.807, 2.05) is 30.3 Å². The number of hydrogen-bond donors (Lipinski definition) is 4. The SMILES string of the molecule is CC(C)(C)OC(=O)N[C@H]1CCCCC/C=C\[C@@H]2C[C@@]2(C(=O)NS(N)(=O)=O)NC(=O)[C@@H]2C[C@@H](OC(=O)N3Cc4ccccc4C3)CN2C1=O. The number of nitrogens with one attached hydrogen (secondary N) is 3. The van der Waals surface area contributed by atoms with Crippen LogP contribution >= 0.6 is 0 Å². The van der Waals surface area contributed by atoms with Gasteiger partial charge in [0.15, 0.2) is 0 Å². The molecule has 5 amide bonds. The van der Waals surface area contributed by atoms with Gasteiger partial charge in [-0.25, -0.2) is 19.5 Å². The first-order chi connectivity index (χ1) is 22.5. The second-order valence-electron chi connectivity index (χ2n) is 13.9. The molecule has 5 N–H and O–H groups in total. The number of hydrogen-bond acceptors (Lipinski definition) is 9. The Bertz CT molecular complexity index is 1570. The first-order valence-corrected chi connectivity index (χ1v) is 17.8. The van der Waals surface area contributed by atoms with Crippen molar-refractivity contribution in [3.63, 3.8) is 0 Å². The van der Waals surface area contributed by atoms with Gasteiger partial charge in [-0.15, -0.1) is 0 Å². The van der Waals surface area contributed by atoms with Crippen LogP contribution in [0.3, 0.4) is 0 Å². The summed E-state index contributed by atoms with van der Waals surface area (Å²) < 4.78 is 36.5. The van der Waals surface area contributed by atoms with Crippen LogP contribution in [0.25, 0.3) is 0 Å². The summed E-state index contributed by atoms with van der Waals surface area (Å²) in [5.74, 6) is -2.81. The van der Waals surface area contributed by atoms with Gasteiger partial charge in [0, 0.05) is 25.4 Å². The lowest BCUT2D eigenvalue weighted by molar-refractivity contribution is -0.141. The molecule has 15 nitrogen and oxygen atoms in total. The van der Waals surface area contributed by atoms with Gasteiger partial charge in [-0.3, -0.25) is 19.3 Å². The maximum absolute atomic E-state index is 14.2. The molecule has 1 aliphatic carbocycles. The Morgan fingerprint density at radius 2 is 1.75 bits per heavy atom. The van der Waals surface area contributed by atoms with E-state index in [9.17, 15) is 32.4 Å². The third kappa shape index (κ3) is 8.45. The molecular weight excluding hydrogens is 644 g/mol. The fraction of sp³-hybridized carbons (Fsp3) is 0.594. The minimum Gasteiger partial charge on any atom is -0.444 e. The van der Waals surface area contributed by atoms with Gasteiger partial charge in [0.1, 0.15) is 29.3 Å². The van der Waals surface area contributed by atoms with Crippen LogP contribution in [0.4, 0.5) is 9.59 Å². The summed E-state index contributed by atoms with van der Waals surface area (Å²) in [6.45, 7) is 5.66. The van der Waals surface area contributed by atoms with Crippen LogP contribution in [-0.4, -0.2) is 84.0 Å². The molecule has 1 saturated carbocycles. The molecule has 16 heteroatoms. The predicted octanol–water partition coefficient (Wildman–Crippen LogP) is 1.72. The third-order valence-electron chi connectivity index (χ3n) is 8.94. The highest BCUT2D eigenvalue weighted by Gasteiger charge is 2.61. The van der Waals surface area contributed by atoms with Crippen LogP contribution in [0, 0.1) is 5.92 Å². The fourth-order valence-corrected chi connectivity index (χ4v) is 6.96. The van der Waals surface area contributed by atoms with Crippen LogP contribution in [0.1, 0.15) is 76.8 Å². The third-order valence-corrected chi connectivity index (χ3v) is 9.41. The Morgan fingerprint density at radius 3 is 2.40 bits per heavy atom. The Labute approximate surface area is 280 Å². The number of nitrogens with zero attached hydrogens (tertiary/aromatic N) is 2. The van der Waals surface area contributed by atoms with Crippen molar-refractivity contribution in [2.24, 2.45) is 11.1 Å². The van der Waals surface area contributed by atoms with Crippen molar-refractivity contribution in [2.45, 2.75) is 108 Å². The number of rotatable bonds is 4. The largest absolute Gasteiger partial charge is 0.444 e. The van der Waals surface area contributed by atoms with E-state index in [1.165, 1.54) is 9.80 Å². The molecule has 0 unspecified atom stereocenters. The normalized spacial score (nSPS) is 28.4. The number of carbonyl (C=O) groups excluding carboxylic acids is 5. The minimum absolute atomic E-state index is 0.0867. The first kappa shape index (κ1) is 35.1. The smallest absolute Gasteiger partial charge is 0.410 e. The lowest BCUT2D eigenvalue weighted by Crippen LogP contribution is -2.58. The molecule has 0 spiro atoms. The Kier molecular flexibility index (Phi) is 10.1. The molecule has 4 aliphatic rings. The second kappa shape index (κ2) is 13.7. The van der Waals surface area contributed by atoms with Crippen LogP contribution in [0.2, 0.25) is 0 Å². The molecular formula is C32H44N6O9S. The molecule has 1 saturated heterocycles. The van der Waals surface area contributed by atoms with E-state index in [0.717, 1.165) is 24.0 Å². The highest BCUT2D eigenvalue weighted by molar-refractivity contribution is 7.87. The lowest BCUT2D eigenvalue weighted by Gasteiger charge is -2.30. The van der Waals surface area contributed by atoms with E-state index in [4.69, 9.17) is 14.6 Å². The zero-order valence-electron chi connectivity index (χ0n) is 27.4. The Hall–Kier alpha value is -4.18. The molecule has 262 valence electrons. The van der Waals surface area contributed by atoms with Gasteiger partial charge in [-0.1, -0.05) is 49.3 Å². The number of nitrogens with two attached hydrogens (primary N) is 1. The van der Waals surface area contributed by atoms with Crippen molar-refractivity contribution in [3.05, 3.63) is 47.5 Å². The topological polar surface area (TPSA) is 207 Å². The number of fused-ring (bicyclic) bond motifs is 3. The molecule has 3 heterocycles. The van der Waals surface area contributed by atoms with Gasteiger partial charge in [0.2, 0.25) is 11.8 Å². The number of carbonyl (C=O) groups is 5. The highest BCUT2D eigenvalue weighted by Crippen LogP contribution is 2.45. The van der Waals surface area contributed by atoms with Crippen LogP contribution in [0.5, 0.6) is 0 Å². The molecule has 48 heavy (non-hydrogen) atoms. The van der Waals surface area contributed by atoms with Gasteiger partial charge in [-0.2, -0.15) is 8.42 Å². The molecule has 5 atom stereocenters. The number of amides is 5. The lowest BCUT2D eigenvalue weighted by atomic mass is 10.0. The van der Waals surface area contributed by atoms with Gasteiger partial charge in [0.05, 0.1) is 6.54 Å². The maximum atomic E-state index is 14.2. The molecule has 2 fully saturated rings. The summed E-state index contributed by atoms with van der Waals surface area (Å²) >= 11 is 0. The zero-order valence-corrected chi connectivity index (χ0v) is 28.2. The van der Waals surface area contributed by atoms with E-state index < -0.39 is 75.4 Å². The van der Waals surface area contributed by atoms with Crippen molar-refractivity contribution in [3.8, 4) is 0 Å². The van der Waals surface area contributed by atoms with Crippen molar-refractivity contribution in [1.82, 2.24) is 25.2 Å². The van der Waals surface area contributed by atoms with E-state index in [2.05, 4.69) is 10.6 Å². The molecule has 0 radical (unpaired) electrons. The summed E-state index contributed by atoms with van der Waals surface area (Å²) in [5, 5.41) is 10.4. The fourth-order valence-electron chi connectivity index (χ4n) is 6.51. The standard InChI is InChI=1S/C32H44N6O9S/c1-31(2,3)47-29(42)34-24-14-8-6-4-5-7-13-22-16-32(22,28(41)36-48(33,44)45)35-26(39)25-15-23(19-38(25)27(24)40)46-30(43)37-17-20-11-9-10-12-21(20)18-37/h7,9-13,22-25H,4-6,8,14-19H2,1-3H3,(H,34,42)(H,35,39)(H,36,41)(H2,33,44,45)/b13-7-/t22-,23-,24+,25+,32-/m1/s1. The molecule has 3 aliphatic heterocycles. The molecule has 0 bridgehead atoms. The molecule has 1 aromatic carbocycles. The van der Waals surface area contributed by atoms with E-state index >= 15 is 0 Å². The summed E-state index contributed by atoms with van der Waals surface area (Å²) in [7, 11) is -4.43.